The predicted octanol–water partition coefficient (Wildman–Crippen LogP) is 2.89. The summed E-state index contributed by atoms with van der Waals surface area (Å²) in [7, 11) is 0. The number of aromatic nitrogens is 2. The molecule has 106 valence electrons. The monoisotopic (exact) mass is 327 g/mol. The van der Waals surface area contributed by atoms with Crippen LogP contribution in [0.4, 0.5) is 0 Å². The Bertz CT molecular complexity index is 435. The van der Waals surface area contributed by atoms with Crippen molar-refractivity contribution in [1.29, 1.82) is 0 Å². The van der Waals surface area contributed by atoms with Gasteiger partial charge in [-0.25, -0.2) is 0 Å². The topological polar surface area (TPSA) is 54.9 Å². The number of carbonyl (C=O) groups is 1. The van der Waals surface area contributed by atoms with Crippen molar-refractivity contribution in [2.75, 3.05) is 6.54 Å². The molecular formula is C14H22BrN3O. The summed E-state index contributed by atoms with van der Waals surface area (Å²) in [6.07, 6.45) is 1.74. The van der Waals surface area contributed by atoms with E-state index >= 15 is 0 Å². The lowest BCUT2D eigenvalue weighted by Crippen LogP contribution is -2.31. The van der Waals surface area contributed by atoms with Crippen molar-refractivity contribution in [3.8, 4) is 0 Å². The van der Waals surface area contributed by atoms with Gasteiger partial charge in [0.05, 0.1) is 17.0 Å². The summed E-state index contributed by atoms with van der Waals surface area (Å²) in [5.74, 6) is 0.542. The van der Waals surface area contributed by atoms with Crippen LogP contribution in [0.5, 0.6) is 0 Å². The highest BCUT2D eigenvalue weighted by atomic mass is 79.9. The lowest BCUT2D eigenvalue weighted by Gasteiger charge is -2.14. The van der Waals surface area contributed by atoms with E-state index in [0.717, 1.165) is 17.8 Å². The molecule has 1 aromatic rings. The number of carbonyl (C=O) groups excluding carboxylic acids is 1. The van der Waals surface area contributed by atoms with Gasteiger partial charge < -0.3 is 5.32 Å². The molecular weight excluding hydrogens is 306 g/mol. The third-order valence-corrected chi connectivity index (χ3v) is 3.48. The molecule has 1 heterocycles. The Balaban J connectivity index is 2.65. The second-order valence-electron chi connectivity index (χ2n) is 5.14. The first-order valence-electron chi connectivity index (χ1n) is 6.69. The van der Waals surface area contributed by atoms with Crippen molar-refractivity contribution in [3.63, 3.8) is 0 Å². The number of hydrogen-bond donors (Lipinski definition) is 1. The van der Waals surface area contributed by atoms with Crippen LogP contribution in [-0.4, -0.2) is 27.5 Å². The van der Waals surface area contributed by atoms with E-state index in [1.54, 1.807) is 6.07 Å². The fourth-order valence-corrected chi connectivity index (χ4v) is 2.77. The summed E-state index contributed by atoms with van der Waals surface area (Å²) in [5, 5.41) is 11.0. The molecule has 1 N–H and O–H groups in total. The average Bonchev–Trinajstić information content (AvgIpc) is 2.35. The van der Waals surface area contributed by atoms with Crippen LogP contribution in [0.3, 0.4) is 0 Å². The first-order chi connectivity index (χ1) is 8.93. The molecule has 1 rings (SSSR count). The average molecular weight is 328 g/mol. The van der Waals surface area contributed by atoms with E-state index in [-0.39, 0.29) is 5.91 Å². The summed E-state index contributed by atoms with van der Waals surface area (Å²) >= 11 is 3.59. The summed E-state index contributed by atoms with van der Waals surface area (Å²) in [4.78, 5) is 12.5. The number of hydrogen-bond acceptors (Lipinski definition) is 3. The Morgan fingerprint density at radius 1 is 1.42 bits per heavy atom. The summed E-state index contributed by atoms with van der Waals surface area (Å²) in [5.41, 5.74) is 2.15. The molecule has 0 saturated heterocycles. The summed E-state index contributed by atoms with van der Waals surface area (Å²) < 4.78 is 0. The van der Waals surface area contributed by atoms with Gasteiger partial charge in [0.1, 0.15) is 0 Å². The molecule has 1 aromatic heterocycles. The van der Waals surface area contributed by atoms with Crippen LogP contribution >= 0.6 is 15.9 Å². The summed E-state index contributed by atoms with van der Waals surface area (Å²) in [6.45, 7) is 8.78. The second-order valence-corrected chi connectivity index (χ2v) is 6.43. The van der Waals surface area contributed by atoms with Gasteiger partial charge in [0.2, 0.25) is 0 Å². The van der Waals surface area contributed by atoms with E-state index in [1.165, 1.54) is 0 Å². The number of nitrogens with one attached hydrogen (secondary N) is 1. The molecule has 1 atom stereocenters. The van der Waals surface area contributed by atoms with Crippen LogP contribution < -0.4 is 5.32 Å². The molecule has 0 aromatic carbocycles. The van der Waals surface area contributed by atoms with E-state index in [2.05, 4.69) is 45.3 Å². The Labute approximate surface area is 123 Å². The van der Waals surface area contributed by atoms with E-state index in [0.29, 0.717) is 29.3 Å². The minimum atomic E-state index is -0.0666. The Kier molecular flexibility index (Phi) is 6.42. The number of amides is 1. The van der Waals surface area contributed by atoms with Crippen molar-refractivity contribution in [2.45, 2.75) is 45.4 Å². The first kappa shape index (κ1) is 16.1. The second kappa shape index (κ2) is 7.58. The lowest BCUT2D eigenvalue weighted by molar-refractivity contribution is 0.0951. The number of halogens is 1. The lowest BCUT2D eigenvalue weighted by atomic mass is 10.1. The normalized spacial score (nSPS) is 12.5. The largest absolute Gasteiger partial charge is 0.351 e. The molecule has 1 amide bonds. The molecule has 19 heavy (non-hydrogen) atoms. The van der Waals surface area contributed by atoms with Gasteiger partial charge in [0.25, 0.3) is 5.91 Å². The third kappa shape index (κ3) is 5.27. The van der Waals surface area contributed by atoms with Gasteiger partial charge in [-0.15, -0.1) is 0 Å². The van der Waals surface area contributed by atoms with Crippen LogP contribution in [0, 0.1) is 12.8 Å². The van der Waals surface area contributed by atoms with Gasteiger partial charge >= 0.3 is 0 Å². The molecule has 0 fully saturated rings. The van der Waals surface area contributed by atoms with Gasteiger partial charge in [0.15, 0.2) is 0 Å². The van der Waals surface area contributed by atoms with Crippen molar-refractivity contribution >= 4 is 21.8 Å². The zero-order chi connectivity index (χ0) is 14.4. The molecule has 0 saturated carbocycles. The highest BCUT2D eigenvalue weighted by Gasteiger charge is 2.14. The number of rotatable bonds is 6. The minimum Gasteiger partial charge on any atom is -0.351 e. The van der Waals surface area contributed by atoms with Crippen molar-refractivity contribution in [1.82, 2.24) is 15.5 Å². The fraction of sp³-hybridized carbons (Fsp3) is 0.643. The van der Waals surface area contributed by atoms with E-state index < -0.39 is 0 Å². The van der Waals surface area contributed by atoms with Crippen LogP contribution in [0.15, 0.2) is 6.07 Å². The number of alkyl halides is 1. The molecule has 0 aliphatic heterocycles. The zero-order valence-electron chi connectivity index (χ0n) is 12.0. The SMILES string of the molecule is CCc1nnc(C)cc1C(=O)NCC(Br)CC(C)C. The van der Waals surface area contributed by atoms with Gasteiger partial charge in [-0.1, -0.05) is 36.7 Å². The standard InChI is InChI=1S/C14H22BrN3O/c1-5-13-12(7-10(4)17-18-13)14(19)16-8-11(15)6-9(2)3/h7,9,11H,5-6,8H2,1-4H3,(H,16,19). The van der Waals surface area contributed by atoms with Crippen molar-refractivity contribution in [3.05, 3.63) is 23.0 Å². The number of nitrogens with zero attached hydrogens (tertiary/aromatic N) is 2. The molecule has 1 unspecified atom stereocenters. The third-order valence-electron chi connectivity index (χ3n) is 2.78. The van der Waals surface area contributed by atoms with Gasteiger partial charge in [-0.05, 0) is 31.7 Å². The maximum Gasteiger partial charge on any atom is 0.253 e. The van der Waals surface area contributed by atoms with Crippen LogP contribution in [-0.2, 0) is 6.42 Å². The first-order valence-corrected chi connectivity index (χ1v) is 7.61. The maximum atomic E-state index is 12.2. The van der Waals surface area contributed by atoms with Crippen molar-refractivity contribution in [2.24, 2.45) is 5.92 Å². The van der Waals surface area contributed by atoms with Gasteiger partial charge in [-0.3, -0.25) is 4.79 Å². The van der Waals surface area contributed by atoms with E-state index in [4.69, 9.17) is 0 Å². The molecule has 0 spiro atoms. The number of aryl methyl sites for hydroxylation is 2. The predicted molar refractivity (Wildman–Crippen MR) is 80.7 cm³/mol. The quantitative estimate of drug-likeness (QED) is 0.817. The molecule has 0 aliphatic carbocycles. The molecule has 4 nitrogen and oxygen atoms in total. The van der Waals surface area contributed by atoms with Crippen LogP contribution in [0.2, 0.25) is 0 Å². The molecule has 0 radical (unpaired) electrons. The van der Waals surface area contributed by atoms with Crippen LogP contribution in [0.25, 0.3) is 0 Å². The molecule has 0 aliphatic rings. The zero-order valence-corrected chi connectivity index (χ0v) is 13.6. The Hall–Kier alpha value is -0.970. The Morgan fingerprint density at radius 2 is 2.11 bits per heavy atom. The highest BCUT2D eigenvalue weighted by molar-refractivity contribution is 9.09. The smallest absolute Gasteiger partial charge is 0.253 e. The highest BCUT2D eigenvalue weighted by Crippen LogP contribution is 2.12. The van der Waals surface area contributed by atoms with Crippen LogP contribution in [0.1, 0.15) is 48.9 Å². The van der Waals surface area contributed by atoms with E-state index in [1.807, 2.05) is 13.8 Å². The Morgan fingerprint density at radius 3 is 2.68 bits per heavy atom. The fourth-order valence-electron chi connectivity index (χ4n) is 1.87. The molecule has 0 bridgehead atoms. The van der Waals surface area contributed by atoms with E-state index in [9.17, 15) is 4.79 Å². The van der Waals surface area contributed by atoms with Gasteiger partial charge in [-0.2, -0.15) is 10.2 Å². The van der Waals surface area contributed by atoms with Crippen molar-refractivity contribution < 1.29 is 4.79 Å². The minimum absolute atomic E-state index is 0.0666. The summed E-state index contributed by atoms with van der Waals surface area (Å²) in [6, 6.07) is 1.80. The molecule has 5 heteroatoms. The van der Waals surface area contributed by atoms with Gasteiger partial charge in [0, 0.05) is 11.4 Å². The maximum absolute atomic E-state index is 12.2.